The SMILES string of the molecule is ClCc1cnc(CN2CCOCC2)s1. The summed E-state index contributed by atoms with van der Waals surface area (Å²) < 4.78 is 5.28. The van der Waals surface area contributed by atoms with Crippen molar-refractivity contribution in [3.05, 3.63) is 16.1 Å². The molecule has 78 valence electrons. The highest BCUT2D eigenvalue weighted by molar-refractivity contribution is 7.11. The molecule has 0 unspecified atom stereocenters. The standard InChI is InChI=1S/C9H13ClN2OS/c10-5-8-6-11-9(14-8)7-12-1-3-13-4-2-12/h6H,1-5,7H2. The molecule has 0 atom stereocenters. The Bertz CT molecular complexity index is 286. The molecule has 0 bridgehead atoms. The molecule has 0 amide bonds. The van der Waals surface area contributed by atoms with Crippen molar-refractivity contribution in [2.24, 2.45) is 0 Å². The summed E-state index contributed by atoms with van der Waals surface area (Å²) in [5.74, 6) is 0.570. The Labute approximate surface area is 92.7 Å². The maximum atomic E-state index is 5.72. The van der Waals surface area contributed by atoms with Crippen LogP contribution in [0.15, 0.2) is 6.20 Å². The molecule has 0 aliphatic carbocycles. The fourth-order valence-corrected chi connectivity index (χ4v) is 2.48. The average Bonchev–Trinajstić information content (AvgIpc) is 2.67. The molecule has 1 saturated heterocycles. The van der Waals surface area contributed by atoms with Crippen LogP contribution in [0.4, 0.5) is 0 Å². The van der Waals surface area contributed by atoms with Crippen molar-refractivity contribution in [3.8, 4) is 0 Å². The predicted molar refractivity (Wildman–Crippen MR) is 57.8 cm³/mol. The lowest BCUT2D eigenvalue weighted by Gasteiger charge is -2.25. The van der Waals surface area contributed by atoms with Gasteiger partial charge in [-0.05, 0) is 0 Å². The lowest BCUT2D eigenvalue weighted by molar-refractivity contribution is 0.0341. The van der Waals surface area contributed by atoms with E-state index in [0.717, 1.165) is 42.7 Å². The van der Waals surface area contributed by atoms with E-state index in [1.54, 1.807) is 11.3 Å². The third-order valence-corrected chi connectivity index (χ3v) is 3.62. The monoisotopic (exact) mass is 232 g/mol. The number of aromatic nitrogens is 1. The van der Waals surface area contributed by atoms with E-state index in [4.69, 9.17) is 16.3 Å². The number of alkyl halides is 1. The zero-order valence-electron chi connectivity index (χ0n) is 7.91. The van der Waals surface area contributed by atoms with Crippen LogP contribution >= 0.6 is 22.9 Å². The van der Waals surface area contributed by atoms with Crippen molar-refractivity contribution in [3.63, 3.8) is 0 Å². The van der Waals surface area contributed by atoms with Gasteiger partial charge in [-0.25, -0.2) is 4.98 Å². The Morgan fingerprint density at radius 1 is 1.50 bits per heavy atom. The van der Waals surface area contributed by atoms with Crippen molar-refractivity contribution in [2.45, 2.75) is 12.4 Å². The van der Waals surface area contributed by atoms with Crippen molar-refractivity contribution >= 4 is 22.9 Å². The van der Waals surface area contributed by atoms with Gasteiger partial charge in [0.15, 0.2) is 0 Å². The second kappa shape index (κ2) is 5.07. The summed E-state index contributed by atoms with van der Waals surface area (Å²) in [7, 11) is 0. The molecular weight excluding hydrogens is 220 g/mol. The molecule has 2 heterocycles. The summed E-state index contributed by atoms with van der Waals surface area (Å²) in [6.45, 7) is 4.64. The first-order valence-corrected chi connectivity index (χ1v) is 6.03. The van der Waals surface area contributed by atoms with Crippen LogP contribution in [0, 0.1) is 0 Å². The van der Waals surface area contributed by atoms with E-state index in [9.17, 15) is 0 Å². The number of hydrogen-bond acceptors (Lipinski definition) is 4. The molecule has 1 fully saturated rings. The van der Waals surface area contributed by atoms with Gasteiger partial charge in [-0.2, -0.15) is 0 Å². The second-order valence-electron chi connectivity index (χ2n) is 3.24. The van der Waals surface area contributed by atoms with E-state index in [1.807, 2.05) is 6.20 Å². The van der Waals surface area contributed by atoms with Gasteiger partial charge >= 0.3 is 0 Å². The van der Waals surface area contributed by atoms with E-state index in [2.05, 4.69) is 9.88 Å². The average molecular weight is 233 g/mol. The summed E-state index contributed by atoms with van der Waals surface area (Å²) in [4.78, 5) is 7.84. The molecule has 5 heteroatoms. The quantitative estimate of drug-likeness (QED) is 0.742. The third-order valence-electron chi connectivity index (χ3n) is 2.20. The Morgan fingerprint density at radius 2 is 2.29 bits per heavy atom. The Morgan fingerprint density at radius 3 is 2.93 bits per heavy atom. The molecule has 0 aromatic carbocycles. The molecule has 1 aliphatic rings. The number of nitrogens with zero attached hydrogens (tertiary/aromatic N) is 2. The number of thiazole rings is 1. The van der Waals surface area contributed by atoms with Crippen molar-refractivity contribution in [2.75, 3.05) is 26.3 Å². The maximum absolute atomic E-state index is 5.72. The summed E-state index contributed by atoms with van der Waals surface area (Å²) in [6.07, 6.45) is 1.87. The molecule has 0 spiro atoms. The van der Waals surface area contributed by atoms with E-state index < -0.39 is 0 Å². The fraction of sp³-hybridized carbons (Fsp3) is 0.667. The number of halogens is 1. The van der Waals surface area contributed by atoms with Gasteiger partial charge in [0.1, 0.15) is 5.01 Å². The molecule has 1 aromatic rings. The first kappa shape index (κ1) is 10.4. The topological polar surface area (TPSA) is 25.4 Å². The number of ether oxygens (including phenoxy) is 1. The van der Waals surface area contributed by atoms with E-state index in [1.165, 1.54) is 0 Å². The Balaban J connectivity index is 1.89. The molecule has 1 aromatic heterocycles. The van der Waals surface area contributed by atoms with Gasteiger partial charge in [-0.15, -0.1) is 22.9 Å². The van der Waals surface area contributed by atoms with Crippen LogP contribution in [0.1, 0.15) is 9.88 Å². The van der Waals surface area contributed by atoms with Gasteiger partial charge in [0.25, 0.3) is 0 Å². The summed E-state index contributed by atoms with van der Waals surface area (Å²) in [5, 5.41) is 1.16. The number of rotatable bonds is 3. The Hall–Kier alpha value is -0.160. The minimum Gasteiger partial charge on any atom is -0.379 e. The lowest BCUT2D eigenvalue weighted by Crippen LogP contribution is -2.35. The third kappa shape index (κ3) is 2.67. The van der Waals surface area contributed by atoms with Gasteiger partial charge < -0.3 is 4.74 Å². The molecule has 0 N–H and O–H groups in total. The minimum atomic E-state index is 0.570. The first-order chi connectivity index (χ1) is 6.88. The largest absolute Gasteiger partial charge is 0.379 e. The smallest absolute Gasteiger partial charge is 0.107 e. The normalized spacial score (nSPS) is 18.6. The van der Waals surface area contributed by atoms with Gasteiger partial charge in [0, 0.05) is 24.2 Å². The molecular formula is C9H13ClN2OS. The van der Waals surface area contributed by atoms with Gasteiger partial charge in [-0.3, -0.25) is 4.90 Å². The summed E-state index contributed by atoms with van der Waals surface area (Å²) >= 11 is 7.42. The van der Waals surface area contributed by atoms with Crippen LogP contribution in [-0.2, 0) is 17.2 Å². The predicted octanol–water partition coefficient (Wildman–Crippen LogP) is 1.71. The molecule has 3 nitrogen and oxygen atoms in total. The molecule has 14 heavy (non-hydrogen) atoms. The second-order valence-corrected chi connectivity index (χ2v) is 4.71. The summed E-state index contributed by atoms with van der Waals surface area (Å²) in [5.41, 5.74) is 0. The van der Waals surface area contributed by atoms with Crippen LogP contribution in [0.2, 0.25) is 0 Å². The first-order valence-electron chi connectivity index (χ1n) is 4.68. The fourth-order valence-electron chi connectivity index (χ4n) is 1.43. The molecule has 1 aliphatic heterocycles. The number of hydrogen-bond donors (Lipinski definition) is 0. The zero-order valence-corrected chi connectivity index (χ0v) is 9.48. The highest BCUT2D eigenvalue weighted by Gasteiger charge is 2.12. The molecule has 2 rings (SSSR count). The molecule has 0 radical (unpaired) electrons. The van der Waals surface area contributed by atoms with Crippen LogP contribution in [0.5, 0.6) is 0 Å². The van der Waals surface area contributed by atoms with Gasteiger partial charge in [-0.1, -0.05) is 0 Å². The van der Waals surface area contributed by atoms with Crippen LogP contribution in [-0.4, -0.2) is 36.2 Å². The van der Waals surface area contributed by atoms with Crippen LogP contribution in [0.25, 0.3) is 0 Å². The highest BCUT2D eigenvalue weighted by Crippen LogP contribution is 2.17. The van der Waals surface area contributed by atoms with E-state index in [0.29, 0.717) is 5.88 Å². The van der Waals surface area contributed by atoms with Gasteiger partial charge in [0.05, 0.1) is 25.6 Å². The van der Waals surface area contributed by atoms with Crippen molar-refractivity contribution < 1.29 is 4.74 Å². The maximum Gasteiger partial charge on any atom is 0.107 e. The zero-order chi connectivity index (χ0) is 9.80. The van der Waals surface area contributed by atoms with Crippen molar-refractivity contribution in [1.29, 1.82) is 0 Å². The molecule has 0 saturated carbocycles. The Kier molecular flexibility index (Phi) is 3.75. The highest BCUT2D eigenvalue weighted by atomic mass is 35.5. The van der Waals surface area contributed by atoms with Crippen molar-refractivity contribution in [1.82, 2.24) is 9.88 Å². The minimum absolute atomic E-state index is 0.570. The summed E-state index contributed by atoms with van der Waals surface area (Å²) in [6, 6.07) is 0. The van der Waals surface area contributed by atoms with E-state index >= 15 is 0 Å². The number of morpholine rings is 1. The van der Waals surface area contributed by atoms with Crippen LogP contribution in [0.3, 0.4) is 0 Å². The van der Waals surface area contributed by atoms with Gasteiger partial charge in [0.2, 0.25) is 0 Å². The lowest BCUT2D eigenvalue weighted by atomic mass is 10.4. The van der Waals surface area contributed by atoms with Crippen LogP contribution < -0.4 is 0 Å². The van der Waals surface area contributed by atoms with E-state index in [-0.39, 0.29) is 0 Å².